The van der Waals surface area contributed by atoms with E-state index in [0.29, 0.717) is 24.0 Å². The average molecular weight is 404 g/mol. The molecule has 2 N–H and O–H groups in total. The fourth-order valence-electron chi connectivity index (χ4n) is 4.82. The van der Waals surface area contributed by atoms with E-state index >= 15 is 0 Å². The van der Waals surface area contributed by atoms with Gasteiger partial charge in [-0.2, -0.15) is 0 Å². The van der Waals surface area contributed by atoms with Crippen LogP contribution in [0, 0.1) is 0 Å². The topological polar surface area (TPSA) is 53.6 Å². The molecular weight excluding hydrogens is 374 g/mol. The molecule has 0 aromatic heterocycles. The Hall–Kier alpha value is -2.63. The number of rotatable bonds is 5. The maximum absolute atomic E-state index is 12.6. The molecule has 156 valence electrons. The molecule has 0 aliphatic carbocycles. The lowest BCUT2D eigenvalue weighted by atomic mass is 9.99. The van der Waals surface area contributed by atoms with Crippen LogP contribution in [0.5, 0.6) is 0 Å². The van der Waals surface area contributed by atoms with E-state index in [1.165, 1.54) is 31.4 Å². The summed E-state index contributed by atoms with van der Waals surface area (Å²) in [6, 6.07) is 14.9. The molecule has 2 aromatic carbocycles. The summed E-state index contributed by atoms with van der Waals surface area (Å²) in [6.45, 7) is 7.06. The van der Waals surface area contributed by atoms with E-state index in [1.54, 1.807) is 0 Å². The summed E-state index contributed by atoms with van der Waals surface area (Å²) < 4.78 is 6.00. The molecule has 0 bridgehead atoms. The Balaban J connectivity index is 1.26. The van der Waals surface area contributed by atoms with Crippen molar-refractivity contribution in [2.45, 2.75) is 45.4 Å². The normalized spacial score (nSPS) is 23.1. The second kappa shape index (κ2) is 8.25. The van der Waals surface area contributed by atoms with Crippen molar-refractivity contribution in [2.75, 3.05) is 25.0 Å². The number of nitrogens with zero attached hydrogens (tertiary/aromatic N) is 1. The molecule has 0 saturated carbocycles. The number of amides is 1. The molecule has 2 aromatic rings. The summed E-state index contributed by atoms with van der Waals surface area (Å²) in [5, 5.41) is 6.53. The smallest absolute Gasteiger partial charge is 0.260 e. The number of carbonyl (C=O) groups excluding carboxylic acids is 1. The zero-order valence-corrected chi connectivity index (χ0v) is 17.5. The van der Waals surface area contributed by atoms with Crippen molar-refractivity contribution in [2.24, 2.45) is 0 Å². The first-order chi connectivity index (χ1) is 14.7. The number of para-hydroxylation sites is 1. The Kier molecular flexibility index (Phi) is 5.32. The Bertz CT molecular complexity index is 998. The number of hydrogen-bond acceptors (Lipinski definition) is 4. The lowest BCUT2D eigenvalue weighted by Crippen LogP contribution is -2.41. The zero-order valence-electron chi connectivity index (χ0n) is 17.5. The summed E-state index contributed by atoms with van der Waals surface area (Å²) in [5.74, 6) is 0.614. The number of carbonyl (C=O) groups is 1. The minimum Gasteiger partial charge on any atom is -0.487 e. The van der Waals surface area contributed by atoms with Gasteiger partial charge in [0.1, 0.15) is 12.4 Å². The first-order valence-corrected chi connectivity index (χ1v) is 11.1. The molecule has 5 heteroatoms. The monoisotopic (exact) mass is 403 g/mol. The van der Waals surface area contributed by atoms with E-state index in [2.05, 4.69) is 40.7 Å². The van der Waals surface area contributed by atoms with Crippen molar-refractivity contribution in [3.63, 3.8) is 0 Å². The van der Waals surface area contributed by atoms with Crippen LogP contribution in [-0.2, 0) is 22.7 Å². The first kappa shape index (κ1) is 19.3. The Morgan fingerprint density at radius 1 is 1.17 bits per heavy atom. The molecular formula is C25H29N3O2. The average Bonchev–Trinajstić information content (AvgIpc) is 3.31. The first-order valence-electron chi connectivity index (χ1n) is 11.1. The van der Waals surface area contributed by atoms with Gasteiger partial charge in [-0.1, -0.05) is 42.8 Å². The standard InChI is InChI=1S/C25H29N3O2/c1-17-6-4-5-12-28(17)13-11-26-15-18-9-10-20-19(14-18)16-30-24(20)23-21-7-2-3-8-22(21)27-25(23)29/h2-3,7-10,14,17,26H,4-6,11-13,15-16H2,1H3,(H,27,29)/b24-23+. The molecule has 3 aliphatic rings. The SMILES string of the molecule is CC1CCCCN1CCNCc1ccc2c(c1)CO/C2=C1/C(=O)Nc2ccccc21. The van der Waals surface area contributed by atoms with E-state index in [-0.39, 0.29) is 5.91 Å². The van der Waals surface area contributed by atoms with Crippen LogP contribution in [0.3, 0.4) is 0 Å². The highest BCUT2D eigenvalue weighted by molar-refractivity contribution is 6.36. The van der Waals surface area contributed by atoms with Crippen LogP contribution in [0.25, 0.3) is 11.3 Å². The lowest BCUT2D eigenvalue weighted by Gasteiger charge is -2.33. The van der Waals surface area contributed by atoms with Gasteiger partial charge in [0, 0.05) is 48.1 Å². The molecule has 0 radical (unpaired) electrons. The highest BCUT2D eigenvalue weighted by Gasteiger charge is 2.32. The molecule has 1 saturated heterocycles. The second-order valence-corrected chi connectivity index (χ2v) is 8.54. The molecule has 30 heavy (non-hydrogen) atoms. The molecule has 5 rings (SSSR count). The third kappa shape index (κ3) is 3.64. The van der Waals surface area contributed by atoms with Crippen LogP contribution in [0.1, 0.15) is 48.4 Å². The van der Waals surface area contributed by atoms with Crippen LogP contribution >= 0.6 is 0 Å². The van der Waals surface area contributed by atoms with Crippen LogP contribution in [-0.4, -0.2) is 36.5 Å². The second-order valence-electron chi connectivity index (χ2n) is 8.54. The summed E-state index contributed by atoms with van der Waals surface area (Å²) >= 11 is 0. The third-order valence-corrected chi connectivity index (χ3v) is 6.53. The van der Waals surface area contributed by atoms with Crippen molar-refractivity contribution < 1.29 is 9.53 Å². The lowest BCUT2D eigenvalue weighted by molar-refractivity contribution is -0.110. The van der Waals surface area contributed by atoms with E-state index in [9.17, 15) is 4.79 Å². The van der Waals surface area contributed by atoms with Gasteiger partial charge in [-0.05, 0) is 37.9 Å². The summed E-state index contributed by atoms with van der Waals surface area (Å²) in [4.78, 5) is 15.2. The predicted octanol–water partition coefficient (Wildman–Crippen LogP) is 4.00. The fourth-order valence-corrected chi connectivity index (χ4v) is 4.82. The maximum atomic E-state index is 12.6. The minimum atomic E-state index is -0.0864. The molecule has 1 amide bonds. The molecule has 1 unspecified atom stereocenters. The van der Waals surface area contributed by atoms with E-state index in [4.69, 9.17) is 4.74 Å². The molecule has 3 aliphatic heterocycles. The van der Waals surface area contributed by atoms with Gasteiger partial charge in [-0.25, -0.2) is 0 Å². The van der Waals surface area contributed by atoms with Crippen LogP contribution in [0.15, 0.2) is 42.5 Å². The van der Waals surface area contributed by atoms with Crippen molar-refractivity contribution >= 4 is 22.9 Å². The van der Waals surface area contributed by atoms with Gasteiger partial charge in [0.2, 0.25) is 0 Å². The number of hydrogen-bond donors (Lipinski definition) is 2. The molecule has 3 heterocycles. The zero-order chi connectivity index (χ0) is 20.5. The quantitative estimate of drug-likeness (QED) is 0.585. The molecule has 1 atom stereocenters. The van der Waals surface area contributed by atoms with Crippen molar-refractivity contribution in [3.8, 4) is 0 Å². The van der Waals surface area contributed by atoms with Gasteiger partial charge in [-0.15, -0.1) is 0 Å². The van der Waals surface area contributed by atoms with Crippen LogP contribution in [0.2, 0.25) is 0 Å². The predicted molar refractivity (Wildman–Crippen MR) is 120 cm³/mol. The van der Waals surface area contributed by atoms with Gasteiger partial charge >= 0.3 is 0 Å². The number of piperidine rings is 1. The Morgan fingerprint density at radius 2 is 2.07 bits per heavy atom. The van der Waals surface area contributed by atoms with Gasteiger partial charge in [-0.3, -0.25) is 9.69 Å². The van der Waals surface area contributed by atoms with E-state index in [0.717, 1.165) is 42.0 Å². The van der Waals surface area contributed by atoms with E-state index < -0.39 is 0 Å². The number of nitrogens with one attached hydrogen (secondary N) is 2. The third-order valence-electron chi connectivity index (χ3n) is 6.53. The number of fused-ring (bicyclic) bond motifs is 2. The van der Waals surface area contributed by atoms with Gasteiger partial charge in [0.15, 0.2) is 0 Å². The number of likely N-dealkylation sites (tertiary alicyclic amines) is 1. The fraction of sp³-hybridized carbons (Fsp3) is 0.400. The summed E-state index contributed by atoms with van der Waals surface area (Å²) in [7, 11) is 0. The number of anilines is 1. The van der Waals surface area contributed by atoms with Gasteiger partial charge < -0.3 is 15.4 Å². The van der Waals surface area contributed by atoms with Crippen molar-refractivity contribution in [1.82, 2.24) is 10.2 Å². The van der Waals surface area contributed by atoms with Crippen molar-refractivity contribution in [1.29, 1.82) is 0 Å². The highest BCUT2D eigenvalue weighted by Crippen LogP contribution is 2.41. The minimum absolute atomic E-state index is 0.0864. The van der Waals surface area contributed by atoms with Gasteiger partial charge in [0.05, 0.1) is 5.57 Å². The summed E-state index contributed by atoms with van der Waals surface area (Å²) in [6.07, 6.45) is 4.02. The van der Waals surface area contributed by atoms with Crippen molar-refractivity contribution in [3.05, 3.63) is 64.7 Å². The molecule has 1 fully saturated rings. The van der Waals surface area contributed by atoms with E-state index in [1.807, 2.05) is 24.3 Å². The number of ether oxygens (including phenoxy) is 1. The molecule has 0 spiro atoms. The Labute approximate surface area is 178 Å². The maximum Gasteiger partial charge on any atom is 0.260 e. The van der Waals surface area contributed by atoms with Gasteiger partial charge in [0.25, 0.3) is 5.91 Å². The molecule has 5 nitrogen and oxygen atoms in total. The largest absolute Gasteiger partial charge is 0.487 e. The summed E-state index contributed by atoms with van der Waals surface area (Å²) in [5.41, 5.74) is 5.85. The van der Waals surface area contributed by atoms with Crippen LogP contribution in [0.4, 0.5) is 5.69 Å². The highest BCUT2D eigenvalue weighted by atomic mass is 16.5. The Morgan fingerprint density at radius 3 is 2.97 bits per heavy atom. The number of benzene rings is 2. The van der Waals surface area contributed by atoms with Crippen LogP contribution < -0.4 is 10.6 Å².